The Kier molecular flexibility index (Phi) is 6.78. The monoisotopic (exact) mass is 397 g/mol. The maximum absolute atomic E-state index is 12.1. The number of ether oxygens (including phenoxy) is 1. The van der Waals surface area contributed by atoms with Crippen molar-refractivity contribution in [1.82, 2.24) is 10.6 Å². The molecule has 0 heterocycles. The van der Waals surface area contributed by atoms with Crippen LogP contribution in [0.1, 0.15) is 24.0 Å². The summed E-state index contributed by atoms with van der Waals surface area (Å²) in [5.74, 6) is 0.235. The molecule has 0 spiro atoms. The first-order chi connectivity index (χ1) is 14.0. The van der Waals surface area contributed by atoms with Crippen molar-refractivity contribution in [2.75, 3.05) is 13.2 Å². The molecule has 2 aromatic rings. The molecule has 2 aromatic carbocycles. The molecule has 2 N–H and O–H groups in total. The standard InChI is InChI=1S/C21H23N3O5/c25-20(13-16-3-1-2-4-19(16)24(27)28)22-12-11-15-5-9-18(10-6-15)29-14-21(26)23-17-7-8-17/h1-6,9-10,17H,7-8,11-14H2,(H,22,25)(H,23,26). The minimum Gasteiger partial charge on any atom is -0.484 e. The number of amides is 2. The summed E-state index contributed by atoms with van der Waals surface area (Å²) in [5, 5.41) is 16.6. The molecule has 8 heteroatoms. The number of rotatable bonds is 10. The highest BCUT2D eigenvalue weighted by Gasteiger charge is 2.23. The molecule has 3 rings (SSSR count). The van der Waals surface area contributed by atoms with Crippen molar-refractivity contribution in [2.24, 2.45) is 0 Å². The predicted octanol–water partition coefficient (Wildman–Crippen LogP) is 2.15. The number of hydrogen-bond donors (Lipinski definition) is 2. The Bertz CT molecular complexity index is 878. The molecule has 0 atom stereocenters. The molecule has 1 saturated carbocycles. The first-order valence-corrected chi connectivity index (χ1v) is 9.51. The lowest BCUT2D eigenvalue weighted by Gasteiger charge is -2.08. The van der Waals surface area contributed by atoms with Gasteiger partial charge >= 0.3 is 0 Å². The molecule has 2 amide bonds. The Hall–Kier alpha value is -3.42. The Morgan fingerprint density at radius 3 is 2.48 bits per heavy atom. The fourth-order valence-electron chi connectivity index (χ4n) is 2.82. The van der Waals surface area contributed by atoms with Crippen molar-refractivity contribution in [2.45, 2.75) is 31.7 Å². The Balaban J connectivity index is 1.39. The SMILES string of the molecule is O=C(Cc1ccccc1[N+](=O)[O-])NCCc1ccc(OCC(=O)NC2CC2)cc1. The van der Waals surface area contributed by atoms with Crippen molar-refractivity contribution in [1.29, 1.82) is 0 Å². The quantitative estimate of drug-likeness (QED) is 0.471. The molecular formula is C21H23N3O5. The molecule has 0 saturated heterocycles. The van der Waals surface area contributed by atoms with Gasteiger partial charge in [-0.05, 0) is 37.0 Å². The number of para-hydroxylation sites is 1. The fraction of sp³-hybridized carbons (Fsp3) is 0.333. The van der Waals surface area contributed by atoms with Crippen LogP contribution in [0.25, 0.3) is 0 Å². The van der Waals surface area contributed by atoms with Gasteiger partial charge < -0.3 is 15.4 Å². The van der Waals surface area contributed by atoms with E-state index in [-0.39, 0.29) is 30.5 Å². The van der Waals surface area contributed by atoms with Gasteiger partial charge in [-0.3, -0.25) is 19.7 Å². The number of nitro groups is 1. The van der Waals surface area contributed by atoms with Crippen LogP contribution in [0.5, 0.6) is 5.75 Å². The smallest absolute Gasteiger partial charge is 0.273 e. The summed E-state index contributed by atoms with van der Waals surface area (Å²) in [4.78, 5) is 34.2. The summed E-state index contributed by atoms with van der Waals surface area (Å²) in [6.07, 6.45) is 2.66. The summed E-state index contributed by atoms with van der Waals surface area (Å²) in [5.41, 5.74) is 1.34. The van der Waals surface area contributed by atoms with Crippen molar-refractivity contribution >= 4 is 17.5 Å². The van der Waals surface area contributed by atoms with Gasteiger partial charge in [0.25, 0.3) is 11.6 Å². The van der Waals surface area contributed by atoms with Gasteiger partial charge in [0.2, 0.25) is 5.91 Å². The van der Waals surface area contributed by atoms with E-state index in [4.69, 9.17) is 4.74 Å². The zero-order valence-corrected chi connectivity index (χ0v) is 15.9. The lowest BCUT2D eigenvalue weighted by Crippen LogP contribution is -2.30. The van der Waals surface area contributed by atoms with Crippen LogP contribution in [-0.4, -0.2) is 35.9 Å². The topological polar surface area (TPSA) is 111 Å². The highest BCUT2D eigenvalue weighted by atomic mass is 16.6. The van der Waals surface area contributed by atoms with Crippen LogP contribution in [0.2, 0.25) is 0 Å². The molecule has 0 aliphatic heterocycles. The van der Waals surface area contributed by atoms with Gasteiger partial charge in [0, 0.05) is 24.2 Å². The molecule has 29 heavy (non-hydrogen) atoms. The Morgan fingerprint density at radius 1 is 1.07 bits per heavy atom. The van der Waals surface area contributed by atoms with Crippen LogP contribution in [0.4, 0.5) is 5.69 Å². The number of carbonyl (C=O) groups excluding carboxylic acids is 2. The predicted molar refractivity (Wildman–Crippen MR) is 107 cm³/mol. The van der Waals surface area contributed by atoms with Crippen molar-refractivity contribution < 1.29 is 19.2 Å². The van der Waals surface area contributed by atoms with Crippen molar-refractivity contribution in [3.8, 4) is 5.75 Å². The summed E-state index contributed by atoms with van der Waals surface area (Å²) in [6, 6.07) is 13.9. The highest BCUT2D eigenvalue weighted by Crippen LogP contribution is 2.19. The van der Waals surface area contributed by atoms with Crippen LogP contribution < -0.4 is 15.4 Å². The number of hydrogen-bond acceptors (Lipinski definition) is 5. The highest BCUT2D eigenvalue weighted by molar-refractivity contribution is 5.79. The van der Waals surface area contributed by atoms with Gasteiger partial charge in [0.05, 0.1) is 11.3 Å². The average molecular weight is 397 g/mol. The first kappa shape index (κ1) is 20.3. The number of nitrogens with zero attached hydrogens (tertiary/aromatic N) is 1. The van der Waals surface area contributed by atoms with Crippen LogP contribution in [0, 0.1) is 10.1 Å². The molecule has 0 radical (unpaired) electrons. The van der Waals surface area contributed by atoms with Gasteiger partial charge in [-0.25, -0.2) is 0 Å². The van der Waals surface area contributed by atoms with Crippen LogP contribution in [0.3, 0.4) is 0 Å². The van der Waals surface area contributed by atoms with E-state index >= 15 is 0 Å². The Labute approximate surface area is 168 Å². The Morgan fingerprint density at radius 2 is 1.79 bits per heavy atom. The zero-order chi connectivity index (χ0) is 20.6. The van der Waals surface area contributed by atoms with E-state index in [1.807, 2.05) is 12.1 Å². The molecule has 8 nitrogen and oxygen atoms in total. The first-order valence-electron chi connectivity index (χ1n) is 9.51. The summed E-state index contributed by atoms with van der Waals surface area (Å²) < 4.78 is 5.45. The van der Waals surface area contributed by atoms with Gasteiger partial charge in [-0.1, -0.05) is 30.3 Å². The van der Waals surface area contributed by atoms with Crippen LogP contribution in [0.15, 0.2) is 48.5 Å². The minimum atomic E-state index is -0.484. The van der Waals surface area contributed by atoms with Gasteiger partial charge in [-0.2, -0.15) is 0 Å². The second kappa shape index (κ2) is 9.68. The summed E-state index contributed by atoms with van der Waals surface area (Å²) >= 11 is 0. The molecule has 0 bridgehead atoms. The molecule has 152 valence electrons. The largest absolute Gasteiger partial charge is 0.484 e. The van der Waals surface area contributed by atoms with E-state index in [1.54, 1.807) is 30.3 Å². The number of nitrogens with one attached hydrogen (secondary N) is 2. The lowest BCUT2D eigenvalue weighted by molar-refractivity contribution is -0.385. The number of benzene rings is 2. The molecule has 1 aliphatic carbocycles. The van der Waals surface area contributed by atoms with E-state index in [0.29, 0.717) is 30.3 Å². The molecule has 1 aliphatic rings. The van der Waals surface area contributed by atoms with Crippen LogP contribution >= 0.6 is 0 Å². The third kappa shape index (κ3) is 6.60. The van der Waals surface area contributed by atoms with Crippen molar-refractivity contribution in [3.63, 3.8) is 0 Å². The minimum absolute atomic E-state index is 0.00245. The average Bonchev–Trinajstić information content (AvgIpc) is 3.51. The third-order valence-electron chi connectivity index (χ3n) is 4.51. The van der Waals surface area contributed by atoms with Gasteiger partial charge in [0.15, 0.2) is 6.61 Å². The molecular weight excluding hydrogens is 374 g/mol. The zero-order valence-electron chi connectivity index (χ0n) is 15.9. The summed E-state index contributed by atoms with van der Waals surface area (Å²) in [7, 11) is 0. The van der Waals surface area contributed by atoms with Crippen molar-refractivity contribution in [3.05, 3.63) is 69.8 Å². The van der Waals surface area contributed by atoms with Gasteiger partial charge in [0.1, 0.15) is 5.75 Å². The number of carbonyl (C=O) groups is 2. The van der Waals surface area contributed by atoms with Gasteiger partial charge in [-0.15, -0.1) is 0 Å². The molecule has 0 aromatic heterocycles. The molecule has 1 fully saturated rings. The molecule has 0 unspecified atom stereocenters. The number of nitro benzene ring substituents is 1. The maximum atomic E-state index is 12.1. The van der Waals surface area contributed by atoms with E-state index < -0.39 is 4.92 Å². The van der Waals surface area contributed by atoms with Crippen LogP contribution in [-0.2, 0) is 22.4 Å². The third-order valence-corrected chi connectivity index (χ3v) is 4.51. The second-order valence-electron chi connectivity index (χ2n) is 6.94. The second-order valence-corrected chi connectivity index (χ2v) is 6.94. The fourth-order valence-corrected chi connectivity index (χ4v) is 2.82. The lowest BCUT2D eigenvalue weighted by atomic mass is 10.1. The van der Waals surface area contributed by atoms with E-state index in [1.165, 1.54) is 6.07 Å². The van der Waals surface area contributed by atoms with E-state index in [2.05, 4.69) is 10.6 Å². The van der Waals surface area contributed by atoms with E-state index in [0.717, 1.165) is 18.4 Å². The van der Waals surface area contributed by atoms with E-state index in [9.17, 15) is 19.7 Å². The normalized spacial score (nSPS) is 12.8. The summed E-state index contributed by atoms with van der Waals surface area (Å²) in [6.45, 7) is 0.418. The maximum Gasteiger partial charge on any atom is 0.273 e.